The van der Waals surface area contributed by atoms with Crippen molar-refractivity contribution in [2.45, 2.75) is 13.5 Å². The molecule has 0 bridgehead atoms. The fraction of sp³-hybridized carbons (Fsp3) is 0.182. The lowest BCUT2D eigenvalue weighted by Gasteiger charge is -2.12. The number of nitrogens with zero attached hydrogens (tertiary/aromatic N) is 2. The van der Waals surface area contributed by atoms with Gasteiger partial charge in [-0.15, -0.1) is 11.3 Å². The summed E-state index contributed by atoms with van der Waals surface area (Å²) in [5, 5.41) is 4.37. The van der Waals surface area contributed by atoms with E-state index in [1.807, 2.05) is 25.1 Å². The van der Waals surface area contributed by atoms with Crippen molar-refractivity contribution in [3.63, 3.8) is 0 Å². The molecular weight excluding hydrogens is 370 g/mol. The van der Waals surface area contributed by atoms with Gasteiger partial charge in [0.05, 0.1) is 26.3 Å². The first-order chi connectivity index (χ1) is 13.7. The van der Waals surface area contributed by atoms with Crippen molar-refractivity contribution in [3.8, 4) is 21.9 Å². The molecule has 0 fully saturated rings. The Kier molecular flexibility index (Phi) is 5.12. The summed E-state index contributed by atoms with van der Waals surface area (Å²) in [6.45, 7) is 2.58. The summed E-state index contributed by atoms with van der Waals surface area (Å²) in [5.41, 5.74) is 2.06. The molecule has 0 aliphatic rings. The maximum absolute atomic E-state index is 5.44. The van der Waals surface area contributed by atoms with E-state index < -0.39 is 0 Å². The second-order valence-electron chi connectivity index (χ2n) is 6.33. The third-order valence-corrected chi connectivity index (χ3v) is 5.60. The summed E-state index contributed by atoms with van der Waals surface area (Å²) < 4.78 is 10.8. The molecule has 28 heavy (non-hydrogen) atoms. The van der Waals surface area contributed by atoms with E-state index in [1.165, 1.54) is 15.3 Å². The molecule has 0 spiro atoms. The molecule has 0 saturated heterocycles. The van der Waals surface area contributed by atoms with E-state index in [4.69, 9.17) is 9.47 Å². The van der Waals surface area contributed by atoms with E-state index in [9.17, 15) is 0 Å². The van der Waals surface area contributed by atoms with Crippen LogP contribution in [0.15, 0.2) is 54.6 Å². The normalized spacial score (nSPS) is 10.8. The molecule has 5 nitrogen and oxygen atoms in total. The van der Waals surface area contributed by atoms with Crippen molar-refractivity contribution >= 4 is 28.1 Å². The average molecular weight is 391 g/mol. The standard InChI is InChI=1S/C22H21N3O2S/c1-14-24-18-12-20(27-3)19(26-2)11-17(18)22(25-14)23-13-16-9-10-21(28-16)15-7-5-4-6-8-15/h4-12H,13H2,1-3H3,(H,23,24,25). The number of hydrogen-bond acceptors (Lipinski definition) is 6. The molecule has 4 rings (SSSR count). The Morgan fingerprint density at radius 1 is 0.929 bits per heavy atom. The van der Waals surface area contributed by atoms with Gasteiger partial charge in [0.1, 0.15) is 11.6 Å². The van der Waals surface area contributed by atoms with Crippen LogP contribution in [0, 0.1) is 6.92 Å². The molecule has 0 atom stereocenters. The lowest BCUT2D eigenvalue weighted by atomic mass is 10.2. The van der Waals surface area contributed by atoms with Gasteiger partial charge in [-0.25, -0.2) is 9.97 Å². The second-order valence-corrected chi connectivity index (χ2v) is 7.50. The van der Waals surface area contributed by atoms with Crippen LogP contribution in [0.5, 0.6) is 11.5 Å². The predicted octanol–water partition coefficient (Wildman–Crippen LogP) is 5.30. The summed E-state index contributed by atoms with van der Waals surface area (Å²) in [7, 11) is 3.25. The van der Waals surface area contributed by atoms with Crippen LogP contribution < -0.4 is 14.8 Å². The number of anilines is 1. The van der Waals surface area contributed by atoms with Gasteiger partial charge in [0.2, 0.25) is 0 Å². The Balaban J connectivity index is 1.62. The first kappa shape index (κ1) is 18.3. The molecule has 4 aromatic rings. The van der Waals surface area contributed by atoms with Gasteiger partial charge in [-0.3, -0.25) is 0 Å². The highest BCUT2D eigenvalue weighted by Crippen LogP contribution is 2.34. The Labute approximate surface area is 168 Å². The topological polar surface area (TPSA) is 56.3 Å². The summed E-state index contributed by atoms with van der Waals surface area (Å²) >= 11 is 1.78. The van der Waals surface area contributed by atoms with E-state index in [0.717, 1.165) is 16.7 Å². The van der Waals surface area contributed by atoms with Crippen LogP contribution >= 0.6 is 11.3 Å². The van der Waals surface area contributed by atoms with Crippen LogP contribution in [0.4, 0.5) is 5.82 Å². The van der Waals surface area contributed by atoms with Gasteiger partial charge >= 0.3 is 0 Å². The summed E-state index contributed by atoms with van der Waals surface area (Å²) in [5.74, 6) is 2.81. The van der Waals surface area contributed by atoms with Crippen molar-refractivity contribution in [1.82, 2.24) is 9.97 Å². The Morgan fingerprint density at radius 2 is 1.68 bits per heavy atom. The fourth-order valence-corrected chi connectivity index (χ4v) is 4.06. The molecule has 0 aliphatic heterocycles. The van der Waals surface area contributed by atoms with Crippen LogP contribution in [-0.4, -0.2) is 24.2 Å². The first-order valence-corrected chi connectivity index (χ1v) is 9.78. The third-order valence-electron chi connectivity index (χ3n) is 4.46. The number of methoxy groups -OCH3 is 2. The van der Waals surface area contributed by atoms with E-state index in [0.29, 0.717) is 23.9 Å². The lowest BCUT2D eigenvalue weighted by Crippen LogP contribution is -2.04. The third kappa shape index (κ3) is 3.64. The minimum atomic E-state index is 0.657. The van der Waals surface area contributed by atoms with E-state index >= 15 is 0 Å². The van der Waals surface area contributed by atoms with Crippen molar-refractivity contribution < 1.29 is 9.47 Å². The molecule has 0 unspecified atom stereocenters. The molecule has 2 aromatic heterocycles. The van der Waals surface area contributed by atoms with Gasteiger partial charge in [-0.1, -0.05) is 30.3 Å². The van der Waals surface area contributed by atoms with Crippen LogP contribution in [0.1, 0.15) is 10.7 Å². The van der Waals surface area contributed by atoms with Crippen LogP contribution in [0.3, 0.4) is 0 Å². The highest BCUT2D eigenvalue weighted by Gasteiger charge is 2.12. The molecule has 0 amide bonds. The zero-order chi connectivity index (χ0) is 19.5. The number of thiophene rings is 1. The maximum atomic E-state index is 5.44. The summed E-state index contributed by atoms with van der Waals surface area (Å²) in [6.07, 6.45) is 0. The van der Waals surface area contributed by atoms with Crippen molar-refractivity contribution in [2.75, 3.05) is 19.5 Å². The average Bonchev–Trinajstić information content (AvgIpc) is 3.20. The summed E-state index contributed by atoms with van der Waals surface area (Å²) in [4.78, 5) is 11.6. The van der Waals surface area contributed by atoms with Crippen LogP contribution in [0.25, 0.3) is 21.3 Å². The number of ether oxygens (including phenoxy) is 2. The molecular formula is C22H21N3O2S. The first-order valence-electron chi connectivity index (χ1n) is 8.96. The van der Waals surface area contributed by atoms with Crippen molar-refractivity contribution in [3.05, 3.63) is 65.3 Å². The van der Waals surface area contributed by atoms with Gasteiger partial charge in [0.15, 0.2) is 11.5 Å². The molecule has 2 heterocycles. The monoisotopic (exact) mass is 391 g/mol. The van der Waals surface area contributed by atoms with Crippen LogP contribution in [0.2, 0.25) is 0 Å². The highest BCUT2D eigenvalue weighted by molar-refractivity contribution is 7.15. The van der Waals surface area contributed by atoms with Gasteiger partial charge < -0.3 is 14.8 Å². The Bertz CT molecular complexity index is 1110. The van der Waals surface area contributed by atoms with Crippen molar-refractivity contribution in [1.29, 1.82) is 0 Å². The zero-order valence-electron chi connectivity index (χ0n) is 16.0. The Morgan fingerprint density at radius 3 is 2.43 bits per heavy atom. The smallest absolute Gasteiger partial charge is 0.162 e. The quantitative estimate of drug-likeness (QED) is 0.484. The van der Waals surface area contributed by atoms with Gasteiger partial charge in [0.25, 0.3) is 0 Å². The number of nitrogens with one attached hydrogen (secondary N) is 1. The largest absolute Gasteiger partial charge is 0.493 e. The lowest BCUT2D eigenvalue weighted by molar-refractivity contribution is 0.356. The molecule has 0 saturated carbocycles. The molecule has 6 heteroatoms. The fourth-order valence-electron chi connectivity index (χ4n) is 3.11. The Hall–Kier alpha value is -3.12. The van der Waals surface area contributed by atoms with Gasteiger partial charge in [0, 0.05) is 21.2 Å². The number of fused-ring (bicyclic) bond motifs is 1. The predicted molar refractivity (Wildman–Crippen MR) is 114 cm³/mol. The van der Waals surface area contributed by atoms with Crippen LogP contribution in [-0.2, 0) is 6.54 Å². The number of aryl methyl sites for hydroxylation is 1. The minimum Gasteiger partial charge on any atom is -0.493 e. The minimum absolute atomic E-state index is 0.657. The van der Waals surface area contributed by atoms with E-state index in [-0.39, 0.29) is 0 Å². The SMILES string of the molecule is COc1cc2nc(C)nc(NCc3ccc(-c4ccccc4)s3)c2cc1OC. The molecule has 0 radical (unpaired) electrons. The molecule has 2 aromatic carbocycles. The number of rotatable bonds is 6. The molecule has 1 N–H and O–H groups in total. The van der Waals surface area contributed by atoms with E-state index in [2.05, 4.69) is 51.7 Å². The number of hydrogen-bond donors (Lipinski definition) is 1. The summed E-state index contributed by atoms with van der Waals surface area (Å²) in [6, 6.07) is 18.5. The van der Waals surface area contributed by atoms with Crippen molar-refractivity contribution in [2.24, 2.45) is 0 Å². The number of benzene rings is 2. The van der Waals surface area contributed by atoms with Gasteiger partial charge in [-0.2, -0.15) is 0 Å². The van der Waals surface area contributed by atoms with E-state index in [1.54, 1.807) is 25.6 Å². The second kappa shape index (κ2) is 7.86. The zero-order valence-corrected chi connectivity index (χ0v) is 16.8. The molecule has 0 aliphatic carbocycles. The molecule has 142 valence electrons. The highest BCUT2D eigenvalue weighted by atomic mass is 32.1. The van der Waals surface area contributed by atoms with Gasteiger partial charge in [-0.05, 0) is 30.7 Å². The number of aromatic nitrogens is 2. The maximum Gasteiger partial charge on any atom is 0.162 e.